The lowest BCUT2D eigenvalue weighted by Crippen LogP contribution is -2.51. The lowest BCUT2D eigenvalue weighted by molar-refractivity contribution is 0.187. The van der Waals surface area contributed by atoms with Crippen molar-refractivity contribution in [1.29, 1.82) is 0 Å². The van der Waals surface area contributed by atoms with Gasteiger partial charge in [-0.2, -0.15) is 0 Å². The van der Waals surface area contributed by atoms with Gasteiger partial charge in [0.1, 0.15) is 11.6 Å². The molecule has 2 aromatic rings. The van der Waals surface area contributed by atoms with Gasteiger partial charge in [0.05, 0.1) is 41.0 Å². The zero-order valence-electron chi connectivity index (χ0n) is 19.2. The van der Waals surface area contributed by atoms with Gasteiger partial charge in [0, 0.05) is 53.2 Å². The second kappa shape index (κ2) is 8.31. The number of benzene rings is 2. The molecule has 6 radical (unpaired) electrons. The zero-order valence-corrected chi connectivity index (χ0v) is 19.9. The van der Waals surface area contributed by atoms with Crippen LogP contribution in [0.25, 0.3) is 5.70 Å². The number of nitrogens with one attached hydrogen (secondary N) is 2. The van der Waals surface area contributed by atoms with Crippen molar-refractivity contribution in [3.63, 3.8) is 0 Å². The maximum Gasteiger partial charge on any atom is 0.123 e. The number of nitrogens with zero attached hydrogens (tertiary/aromatic N) is 3. The van der Waals surface area contributed by atoms with Gasteiger partial charge in [-0.25, -0.2) is 4.39 Å². The number of hydrogen-bond donors (Lipinski definition) is 2. The Morgan fingerprint density at radius 1 is 1.21 bits per heavy atom. The predicted molar refractivity (Wildman–Crippen MR) is 141 cm³/mol. The first-order valence-corrected chi connectivity index (χ1v) is 11.6. The second-order valence-corrected chi connectivity index (χ2v) is 9.45. The van der Waals surface area contributed by atoms with Crippen molar-refractivity contribution in [2.24, 2.45) is 0 Å². The van der Waals surface area contributed by atoms with Crippen LogP contribution >= 0.6 is 11.6 Å². The Labute approximate surface area is 209 Å². The van der Waals surface area contributed by atoms with Crippen molar-refractivity contribution >= 4 is 57.9 Å². The fourth-order valence-corrected chi connectivity index (χ4v) is 5.33. The Morgan fingerprint density at radius 3 is 2.56 bits per heavy atom. The van der Waals surface area contributed by atoms with Crippen LogP contribution in [-0.4, -0.2) is 66.9 Å². The molecule has 0 aliphatic carbocycles. The molecule has 1 saturated heterocycles. The van der Waals surface area contributed by atoms with E-state index in [4.69, 9.17) is 35.1 Å². The fraction of sp³-hybridized carbons (Fsp3) is 0.333. The standard InChI is InChI=1S/C24H24B3ClFN5/c1-13-20-21(22(31-13)16-11-15(29)5-6-17(16)28)18(30-3)12-19-23(20)34(24(25,26)27)14(2)33(19)10-9-32-7-4-8-32/h5-6,11-12,22,30-31H,1-2,4,7-10H2,3H3. The Balaban J connectivity index is 1.69. The van der Waals surface area contributed by atoms with E-state index >= 15 is 0 Å². The van der Waals surface area contributed by atoms with Crippen molar-refractivity contribution < 1.29 is 4.39 Å². The molecule has 3 aliphatic heterocycles. The summed E-state index contributed by atoms with van der Waals surface area (Å²) in [5.74, 6) is 0.225. The van der Waals surface area contributed by atoms with Crippen LogP contribution in [0.3, 0.4) is 0 Å². The monoisotopic (exact) mass is 469 g/mol. The number of anilines is 3. The minimum absolute atomic E-state index is 0.371. The van der Waals surface area contributed by atoms with Crippen molar-refractivity contribution in [2.45, 2.75) is 17.7 Å². The molecule has 1 unspecified atom stereocenters. The highest BCUT2D eigenvalue weighted by atomic mass is 35.5. The molecule has 168 valence electrons. The SMILES string of the molecule is [B]C([B])([B])N1C(=C)N(CCN2CCC2)c2cc(NC)c3c(c21)C(=C)NC3c1cc(F)ccc1Cl. The molecule has 1 fully saturated rings. The third kappa shape index (κ3) is 3.61. The van der Waals surface area contributed by atoms with Crippen molar-refractivity contribution in [2.75, 3.05) is 48.3 Å². The van der Waals surface area contributed by atoms with Gasteiger partial charge in [0.15, 0.2) is 0 Å². The first kappa shape index (κ1) is 23.2. The van der Waals surface area contributed by atoms with Crippen LogP contribution < -0.4 is 20.4 Å². The summed E-state index contributed by atoms with van der Waals surface area (Å²) in [5.41, 5.74) is 5.37. The molecule has 0 aromatic heterocycles. The van der Waals surface area contributed by atoms with E-state index < -0.39 is 11.3 Å². The maximum atomic E-state index is 14.2. The molecule has 2 aromatic carbocycles. The Bertz CT molecular complexity index is 1190. The van der Waals surface area contributed by atoms with Crippen LogP contribution in [0.2, 0.25) is 5.02 Å². The summed E-state index contributed by atoms with van der Waals surface area (Å²) in [6.45, 7) is 12.3. The summed E-state index contributed by atoms with van der Waals surface area (Å²) in [6.07, 6.45) is 1.22. The van der Waals surface area contributed by atoms with E-state index in [9.17, 15) is 4.39 Å². The normalized spacial score (nSPS) is 19.7. The van der Waals surface area contributed by atoms with Crippen LogP contribution in [0.5, 0.6) is 0 Å². The summed E-state index contributed by atoms with van der Waals surface area (Å²) in [6, 6.07) is 5.93. The Morgan fingerprint density at radius 2 is 1.94 bits per heavy atom. The van der Waals surface area contributed by atoms with E-state index in [-0.39, 0.29) is 5.82 Å². The minimum Gasteiger partial charge on any atom is -0.388 e. The first-order valence-electron chi connectivity index (χ1n) is 11.3. The van der Waals surface area contributed by atoms with E-state index in [1.807, 2.05) is 13.1 Å². The Hall–Kier alpha value is -2.51. The molecule has 2 N–H and O–H groups in total. The topological polar surface area (TPSA) is 33.8 Å². The first-order chi connectivity index (χ1) is 16.1. The number of rotatable bonds is 6. The largest absolute Gasteiger partial charge is 0.388 e. The van der Waals surface area contributed by atoms with Gasteiger partial charge in [-0.3, -0.25) is 0 Å². The third-order valence-corrected chi connectivity index (χ3v) is 7.17. The molecule has 3 heterocycles. The van der Waals surface area contributed by atoms with Crippen LogP contribution in [0.15, 0.2) is 43.2 Å². The van der Waals surface area contributed by atoms with E-state index in [1.54, 1.807) is 11.0 Å². The van der Waals surface area contributed by atoms with Gasteiger partial charge in [0.2, 0.25) is 0 Å². The molecule has 5 nitrogen and oxygen atoms in total. The molecule has 3 aliphatic rings. The van der Waals surface area contributed by atoms with Gasteiger partial charge >= 0.3 is 0 Å². The number of hydrogen-bond acceptors (Lipinski definition) is 5. The van der Waals surface area contributed by atoms with Crippen LogP contribution in [0.1, 0.15) is 29.2 Å². The smallest absolute Gasteiger partial charge is 0.123 e. The summed E-state index contributed by atoms with van der Waals surface area (Å²) in [4.78, 5) is 6.12. The Kier molecular flexibility index (Phi) is 5.68. The molecule has 1 atom stereocenters. The van der Waals surface area contributed by atoms with Gasteiger partial charge in [0.25, 0.3) is 0 Å². The van der Waals surface area contributed by atoms with Crippen LogP contribution in [0.4, 0.5) is 21.5 Å². The van der Waals surface area contributed by atoms with Gasteiger partial charge in [-0.15, -0.1) is 0 Å². The van der Waals surface area contributed by atoms with E-state index in [2.05, 4.69) is 33.6 Å². The minimum atomic E-state index is -1.69. The molecule has 0 saturated carbocycles. The lowest BCUT2D eigenvalue weighted by atomic mass is 9.48. The van der Waals surface area contributed by atoms with Gasteiger partial charge < -0.3 is 25.3 Å². The summed E-state index contributed by atoms with van der Waals surface area (Å²) >= 11 is 6.49. The zero-order chi connectivity index (χ0) is 24.4. The van der Waals surface area contributed by atoms with Crippen molar-refractivity contribution in [3.8, 4) is 0 Å². The van der Waals surface area contributed by atoms with Gasteiger partial charge in [-0.05, 0) is 43.8 Å². The number of fused-ring (bicyclic) bond motifs is 3. The van der Waals surface area contributed by atoms with Crippen LogP contribution in [-0.2, 0) is 0 Å². The molecule has 10 heteroatoms. The maximum absolute atomic E-state index is 14.2. The number of halogens is 2. The van der Waals surface area contributed by atoms with E-state index in [1.165, 1.54) is 18.6 Å². The number of likely N-dealkylation sites (tertiary alicyclic amines) is 1. The highest BCUT2D eigenvalue weighted by Gasteiger charge is 2.43. The van der Waals surface area contributed by atoms with Crippen molar-refractivity contribution in [1.82, 2.24) is 10.2 Å². The lowest BCUT2D eigenvalue weighted by Gasteiger charge is -2.39. The molecular weight excluding hydrogens is 445 g/mol. The highest BCUT2D eigenvalue weighted by Crippen LogP contribution is 2.55. The molecule has 0 bridgehead atoms. The summed E-state index contributed by atoms with van der Waals surface area (Å²) in [5, 5.41) is 5.43. The quantitative estimate of drug-likeness (QED) is 0.636. The van der Waals surface area contributed by atoms with E-state index in [0.717, 1.165) is 47.8 Å². The summed E-state index contributed by atoms with van der Waals surface area (Å²) in [7, 11) is 20.6. The van der Waals surface area contributed by atoms with Gasteiger partial charge in [-0.1, -0.05) is 30.0 Å². The third-order valence-electron chi connectivity index (χ3n) is 6.83. The predicted octanol–water partition coefficient (Wildman–Crippen LogP) is 3.10. The molecule has 5 rings (SSSR count). The molecule has 34 heavy (non-hydrogen) atoms. The summed E-state index contributed by atoms with van der Waals surface area (Å²) < 4.78 is 14.2. The average Bonchev–Trinajstić information content (AvgIpc) is 3.22. The average molecular weight is 469 g/mol. The fourth-order valence-electron chi connectivity index (χ4n) is 5.11. The highest BCUT2D eigenvalue weighted by molar-refractivity contribution is 6.61. The van der Waals surface area contributed by atoms with E-state index in [0.29, 0.717) is 28.6 Å². The molecule has 0 amide bonds. The second-order valence-electron chi connectivity index (χ2n) is 9.04. The van der Waals surface area contributed by atoms with Crippen molar-refractivity contribution in [3.05, 3.63) is 70.8 Å². The molecule has 0 spiro atoms. The van der Waals surface area contributed by atoms with Crippen LogP contribution in [0, 0.1) is 5.82 Å². The molecular formula is C24H24B3ClFN5.